The van der Waals surface area contributed by atoms with Gasteiger partial charge >= 0.3 is 0 Å². The fourth-order valence-corrected chi connectivity index (χ4v) is 2.56. The number of carbonyl (C=O) groups excluding carboxylic acids is 2. The zero-order chi connectivity index (χ0) is 15.8. The topological polar surface area (TPSA) is 107 Å². The molecule has 4 rings (SSSR count). The Morgan fingerprint density at radius 1 is 1.35 bits per heavy atom. The number of hydrogen-bond acceptors (Lipinski definition) is 6. The number of anilines is 2. The highest BCUT2D eigenvalue weighted by atomic mass is 16.6. The lowest BCUT2D eigenvalue weighted by Crippen LogP contribution is -2.23. The quantitative estimate of drug-likeness (QED) is 0.857. The van der Waals surface area contributed by atoms with Crippen molar-refractivity contribution < 1.29 is 19.1 Å². The molecule has 0 radical (unpaired) electrons. The van der Waals surface area contributed by atoms with Crippen molar-refractivity contribution in [1.82, 2.24) is 14.8 Å². The predicted octanol–water partition coefficient (Wildman–Crippen LogP) is 0.571. The van der Waals surface area contributed by atoms with Crippen LogP contribution in [0.1, 0.15) is 12.5 Å². The van der Waals surface area contributed by atoms with Crippen molar-refractivity contribution in [3.05, 3.63) is 24.5 Å². The van der Waals surface area contributed by atoms with Gasteiger partial charge < -0.3 is 14.8 Å². The highest BCUT2D eigenvalue weighted by Gasteiger charge is 2.33. The summed E-state index contributed by atoms with van der Waals surface area (Å²) in [6.07, 6.45) is 1.30. The first kappa shape index (κ1) is 13.6. The summed E-state index contributed by atoms with van der Waals surface area (Å²) in [4.78, 5) is 27.9. The Morgan fingerprint density at radius 2 is 2.17 bits per heavy atom. The lowest BCUT2D eigenvalue weighted by Gasteiger charge is -2.19. The second-order valence-corrected chi connectivity index (χ2v) is 5.14. The van der Waals surface area contributed by atoms with E-state index >= 15 is 0 Å². The van der Waals surface area contributed by atoms with Crippen molar-refractivity contribution >= 4 is 23.5 Å². The minimum atomic E-state index is -0.690. The number of rotatable bonds is 3. The maximum atomic E-state index is 12.2. The summed E-state index contributed by atoms with van der Waals surface area (Å²) in [7, 11) is 0. The molecule has 9 heteroatoms. The molecule has 0 saturated carbocycles. The number of nitrogens with one attached hydrogen (secondary N) is 2. The highest BCUT2D eigenvalue weighted by molar-refractivity contribution is 6.00. The Kier molecular flexibility index (Phi) is 3.11. The van der Waals surface area contributed by atoms with E-state index in [1.807, 2.05) is 0 Å². The van der Waals surface area contributed by atoms with Crippen molar-refractivity contribution in [3.63, 3.8) is 0 Å². The first-order valence-corrected chi connectivity index (χ1v) is 7.10. The highest BCUT2D eigenvalue weighted by Crippen LogP contribution is 2.33. The fourth-order valence-electron chi connectivity index (χ4n) is 2.56. The molecule has 0 fully saturated rings. The van der Waals surface area contributed by atoms with E-state index in [0.29, 0.717) is 36.3 Å². The third-order valence-corrected chi connectivity index (χ3v) is 3.61. The number of ether oxygens (including phenoxy) is 2. The molecular weight excluding hydrogens is 302 g/mol. The van der Waals surface area contributed by atoms with Crippen LogP contribution in [-0.2, 0) is 9.59 Å². The van der Waals surface area contributed by atoms with Crippen LogP contribution in [0.2, 0.25) is 0 Å². The summed E-state index contributed by atoms with van der Waals surface area (Å²) in [6.45, 7) is 0.984. The van der Waals surface area contributed by atoms with Crippen molar-refractivity contribution in [2.45, 2.75) is 12.5 Å². The van der Waals surface area contributed by atoms with Crippen molar-refractivity contribution in [3.8, 4) is 11.5 Å². The van der Waals surface area contributed by atoms with Crippen LogP contribution in [0.25, 0.3) is 0 Å². The van der Waals surface area contributed by atoms with Gasteiger partial charge in [0.1, 0.15) is 25.6 Å². The molecule has 3 heterocycles. The largest absolute Gasteiger partial charge is 0.486 e. The number of nitrogens with zero attached hydrogens (tertiary/aromatic N) is 3. The molecule has 0 aliphatic carbocycles. The Labute approximate surface area is 130 Å². The van der Waals surface area contributed by atoms with Crippen molar-refractivity contribution in [1.29, 1.82) is 0 Å². The van der Waals surface area contributed by atoms with Gasteiger partial charge in [-0.15, -0.1) is 0 Å². The predicted molar refractivity (Wildman–Crippen MR) is 78.4 cm³/mol. The van der Waals surface area contributed by atoms with E-state index in [0.717, 1.165) is 0 Å². The van der Waals surface area contributed by atoms with Crippen LogP contribution in [0, 0.1) is 0 Å². The molecule has 0 saturated heterocycles. The molecule has 2 aromatic rings. The SMILES string of the molecule is O=C(C[C@H]1C(=O)Nc2ncnn21)Nc1ccc2c(c1)OCCO2. The van der Waals surface area contributed by atoms with E-state index in [4.69, 9.17) is 9.47 Å². The number of hydrogen-bond donors (Lipinski definition) is 2. The van der Waals surface area contributed by atoms with Gasteiger partial charge in [-0.3, -0.25) is 14.9 Å². The van der Waals surface area contributed by atoms with Crippen LogP contribution < -0.4 is 20.1 Å². The van der Waals surface area contributed by atoms with Crippen molar-refractivity contribution in [2.75, 3.05) is 23.8 Å². The summed E-state index contributed by atoms with van der Waals surface area (Å²) in [5.74, 6) is 0.998. The summed E-state index contributed by atoms with van der Waals surface area (Å²) in [6, 6.07) is 4.47. The van der Waals surface area contributed by atoms with Crippen LogP contribution in [0.15, 0.2) is 24.5 Å². The fraction of sp³-hybridized carbons (Fsp3) is 0.286. The molecule has 118 valence electrons. The molecule has 1 aromatic carbocycles. The molecule has 0 spiro atoms. The number of amides is 2. The van der Waals surface area contributed by atoms with Gasteiger partial charge in [0, 0.05) is 11.8 Å². The molecule has 2 aliphatic rings. The summed E-state index contributed by atoms with van der Waals surface area (Å²) in [5.41, 5.74) is 0.580. The third-order valence-electron chi connectivity index (χ3n) is 3.61. The number of fused-ring (bicyclic) bond motifs is 2. The molecule has 1 aromatic heterocycles. The zero-order valence-electron chi connectivity index (χ0n) is 12.0. The third kappa shape index (κ3) is 2.45. The Bertz CT molecular complexity index is 787. The maximum absolute atomic E-state index is 12.2. The number of aromatic nitrogens is 3. The molecular formula is C14H13N5O4. The molecule has 0 bridgehead atoms. The average Bonchev–Trinajstić information content (AvgIpc) is 3.10. The second-order valence-electron chi connectivity index (χ2n) is 5.14. The zero-order valence-corrected chi connectivity index (χ0v) is 12.0. The lowest BCUT2D eigenvalue weighted by atomic mass is 10.2. The van der Waals surface area contributed by atoms with Crippen LogP contribution >= 0.6 is 0 Å². The molecule has 9 nitrogen and oxygen atoms in total. The molecule has 2 aliphatic heterocycles. The molecule has 0 unspecified atom stereocenters. The summed E-state index contributed by atoms with van der Waals surface area (Å²) >= 11 is 0. The van der Waals surface area contributed by atoms with Gasteiger partial charge in [-0.25, -0.2) is 4.68 Å². The van der Waals surface area contributed by atoms with Crippen LogP contribution in [0.3, 0.4) is 0 Å². The van der Waals surface area contributed by atoms with Crippen LogP contribution in [0.5, 0.6) is 11.5 Å². The first-order valence-electron chi connectivity index (χ1n) is 7.10. The van der Waals surface area contributed by atoms with Gasteiger partial charge in [0.05, 0.1) is 6.42 Å². The normalized spacial score (nSPS) is 18.3. The average molecular weight is 315 g/mol. The summed E-state index contributed by atoms with van der Waals surface area (Å²) in [5, 5.41) is 9.27. The van der Waals surface area contributed by atoms with Gasteiger partial charge in [0.25, 0.3) is 5.91 Å². The smallest absolute Gasteiger partial charge is 0.252 e. The van der Waals surface area contributed by atoms with Gasteiger partial charge in [-0.2, -0.15) is 10.1 Å². The van der Waals surface area contributed by atoms with Gasteiger partial charge in [0.2, 0.25) is 11.9 Å². The van der Waals surface area contributed by atoms with Gasteiger partial charge in [0.15, 0.2) is 11.5 Å². The Morgan fingerprint density at radius 3 is 3.04 bits per heavy atom. The molecule has 23 heavy (non-hydrogen) atoms. The maximum Gasteiger partial charge on any atom is 0.252 e. The monoisotopic (exact) mass is 315 g/mol. The first-order chi connectivity index (χ1) is 11.2. The lowest BCUT2D eigenvalue weighted by molar-refractivity contribution is -0.123. The molecule has 2 amide bonds. The number of carbonyl (C=O) groups is 2. The Balaban J connectivity index is 1.45. The van der Waals surface area contributed by atoms with E-state index in [1.54, 1.807) is 18.2 Å². The van der Waals surface area contributed by atoms with Gasteiger partial charge in [-0.1, -0.05) is 0 Å². The minimum Gasteiger partial charge on any atom is -0.486 e. The van der Waals surface area contributed by atoms with Crippen molar-refractivity contribution in [2.24, 2.45) is 0 Å². The van der Waals surface area contributed by atoms with Crippen LogP contribution in [0.4, 0.5) is 11.6 Å². The molecule has 1 atom stereocenters. The van der Waals surface area contributed by atoms with E-state index < -0.39 is 6.04 Å². The van der Waals surface area contributed by atoms with Crippen LogP contribution in [-0.4, -0.2) is 39.8 Å². The van der Waals surface area contributed by atoms with E-state index in [2.05, 4.69) is 20.7 Å². The second kappa shape index (κ2) is 5.27. The number of benzene rings is 1. The molecule has 2 N–H and O–H groups in total. The Hall–Kier alpha value is -3.10. The van der Waals surface area contributed by atoms with E-state index in [9.17, 15) is 9.59 Å². The van der Waals surface area contributed by atoms with E-state index in [1.165, 1.54) is 11.0 Å². The standard InChI is InChI=1S/C14H13N5O4/c20-12(6-9-13(21)18-14-15-7-16-19(9)14)17-8-1-2-10-11(5-8)23-4-3-22-10/h1-2,5,7,9H,3-4,6H2,(H,17,20)(H,15,16,18,21)/t9-/m0/s1. The summed E-state index contributed by atoms with van der Waals surface area (Å²) < 4.78 is 12.3. The van der Waals surface area contributed by atoms with Gasteiger partial charge in [-0.05, 0) is 12.1 Å². The van der Waals surface area contributed by atoms with E-state index in [-0.39, 0.29) is 18.2 Å². The minimum absolute atomic E-state index is 0.0311.